The molecule has 7 nitrogen and oxygen atoms in total. The molecule has 0 spiro atoms. The molecule has 0 radical (unpaired) electrons. The van der Waals surface area contributed by atoms with Crippen LogP contribution in [-0.2, 0) is 11.3 Å². The molecule has 3 N–H and O–H groups in total. The number of benzene rings is 2. The highest BCUT2D eigenvalue weighted by Gasteiger charge is 2.39. The van der Waals surface area contributed by atoms with Crippen LogP contribution in [0.15, 0.2) is 42.5 Å². The molecule has 5 rings (SSSR count). The van der Waals surface area contributed by atoms with Gasteiger partial charge in [-0.25, -0.2) is 4.79 Å². The molecule has 1 amide bonds. The van der Waals surface area contributed by atoms with Crippen molar-refractivity contribution in [3.05, 3.63) is 59.2 Å². The third kappa shape index (κ3) is 6.88. The van der Waals surface area contributed by atoms with E-state index in [9.17, 15) is 18.0 Å². The van der Waals surface area contributed by atoms with E-state index in [2.05, 4.69) is 22.8 Å². The van der Waals surface area contributed by atoms with Crippen LogP contribution in [0, 0.1) is 5.92 Å². The SMILES string of the molecule is O=C(NCc1cccc2c1OCCO2)c1ccc(C2CC2NCC2CC2)cc1.O=C(O)C(F)(F)F. The van der Waals surface area contributed by atoms with Gasteiger partial charge in [-0.3, -0.25) is 4.79 Å². The number of para-hydroxylation sites is 1. The minimum atomic E-state index is -5.08. The lowest BCUT2D eigenvalue weighted by Gasteiger charge is -2.21. The summed E-state index contributed by atoms with van der Waals surface area (Å²) in [5.74, 6) is 0.176. The van der Waals surface area contributed by atoms with Crippen molar-refractivity contribution < 1.29 is 37.3 Å². The lowest BCUT2D eigenvalue weighted by atomic mass is 10.1. The number of aliphatic carboxylic acids is 1. The quantitative estimate of drug-likeness (QED) is 0.543. The summed E-state index contributed by atoms with van der Waals surface area (Å²) in [7, 11) is 0. The summed E-state index contributed by atoms with van der Waals surface area (Å²) in [6.07, 6.45) is -1.10. The van der Waals surface area contributed by atoms with Gasteiger partial charge in [0.25, 0.3) is 5.91 Å². The van der Waals surface area contributed by atoms with Crippen LogP contribution in [0.4, 0.5) is 13.2 Å². The fourth-order valence-electron chi connectivity index (χ4n) is 3.86. The molecule has 3 aliphatic rings. The molecule has 188 valence electrons. The maximum absolute atomic E-state index is 12.5. The molecule has 2 saturated carbocycles. The van der Waals surface area contributed by atoms with Crippen molar-refractivity contribution >= 4 is 11.9 Å². The Labute approximate surface area is 200 Å². The molecular weight excluding hydrogens is 465 g/mol. The number of alkyl halides is 3. The average molecular weight is 492 g/mol. The summed E-state index contributed by atoms with van der Waals surface area (Å²) in [4.78, 5) is 21.4. The van der Waals surface area contributed by atoms with Crippen molar-refractivity contribution in [3.63, 3.8) is 0 Å². The predicted molar refractivity (Wildman–Crippen MR) is 121 cm³/mol. The van der Waals surface area contributed by atoms with Crippen LogP contribution in [0.2, 0.25) is 0 Å². The summed E-state index contributed by atoms with van der Waals surface area (Å²) in [6, 6.07) is 14.4. The smallest absolute Gasteiger partial charge is 0.486 e. The third-order valence-corrected chi connectivity index (χ3v) is 6.09. The predicted octanol–water partition coefficient (Wildman–Crippen LogP) is 3.88. The summed E-state index contributed by atoms with van der Waals surface area (Å²) in [5.41, 5.74) is 2.95. The van der Waals surface area contributed by atoms with Crippen LogP contribution in [0.1, 0.15) is 46.7 Å². The monoisotopic (exact) mass is 492 g/mol. The van der Waals surface area contributed by atoms with E-state index in [0.29, 0.717) is 37.3 Å². The molecule has 2 fully saturated rings. The topological polar surface area (TPSA) is 96.9 Å². The number of hydrogen-bond acceptors (Lipinski definition) is 5. The molecule has 2 atom stereocenters. The van der Waals surface area contributed by atoms with Crippen molar-refractivity contribution in [2.24, 2.45) is 5.92 Å². The zero-order chi connectivity index (χ0) is 25.0. The van der Waals surface area contributed by atoms with Crippen molar-refractivity contribution in [2.75, 3.05) is 19.8 Å². The Morgan fingerprint density at radius 3 is 2.37 bits per heavy atom. The fraction of sp³-hybridized carbons (Fsp3) is 0.440. The number of rotatable bonds is 7. The van der Waals surface area contributed by atoms with Crippen LogP contribution in [0.25, 0.3) is 0 Å². The lowest BCUT2D eigenvalue weighted by molar-refractivity contribution is -0.192. The zero-order valence-electron chi connectivity index (χ0n) is 18.9. The van der Waals surface area contributed by atoms with Crippen molar-refractivity contribution in [1.29, 1.82) is 0 Å². The highest BCUT2D eigenvalue weighted by molar-refractivity contribution is 5.94. The van der Waals surface area contributed by atoms with Gasteiger partial charge in [0.1, 0.15) is 13.2 Å². The van der Waals surface area contributed by atoms with E-state index in [-0.39, 0.29) is 5.91 Å². The van der Waals surface area contributed by atoms with Gasteiger partial charge in [-0.1, -0.05) is 24.3 Å². The number of halogens is 3. The second-order valence-electron chi connectivity index (χ2n) is 8.85. The molecule has 1 aliphatic heterocycles. The molecule has 2 aromatic carbocycles. The molecule has 1 heterocycles. The molecule has 35 heavy (non-hydrogen) atoms. The number of hydrogen-bond donors (Lipinski definition) is 3. The zero-order valence-corrected chi connectivity index (χ0v) is 18.9. The van der Waals surface area contributed by atoms with E-state index in [1.54, 1.807) is 0 Å². The molecule has 0 aromatic heterocycles. The summed E-state index contributed by atoms with van der Waals surface area (Å²) < 4.78 is 43.0. The van der Waals surface area contributed by atoms with Crippen LogP contribution in [-0.4, -0.2) is 49.0 Å². The first kappa shape index (κ1) is 24.8. The largest absolute Gasteiger partial charge is 0.490 e. The van der Waals surface area contributed by atoms with Crippen LogP contribution in [0.3, 0.4) is 0 Å². The van der Waals surface area contributed by atoms with E-state index in [4.69, 9.17) is 19.4 Å². The summed E-state index contributed by atoms with van der Waals surface area (Å²) >= 11 is 0. The Kier molecular flexibility index (Phi) is 7.49. The second kappa shape index (κ2) is 10.6. The van der Waals surface area contributed by atoms with Gasteiger partial charge in [0.2, 0.25) is 0 Å². The number of carboxylic acid groups (broad SMARTS) is 1. The van der Waals surface area contributed by atoms with E-state index < -0.39 is 12.1 Å². The lowest BCUT2D eigenvalue weighted by Crippen LogP contribution is -2.24. The van der Waals surface area contributed by atoms with E-state index in [1.165, 1.54) is 31.4 Å². The van der Waals surface area contributed by atoms with Crippen LogP contribution in [0.5, 0.6) is 11.5 Å². The standard InChI is InChI=1S/C23H26N2O3.C2HF3O2/c26-23(25-14-18-2-1-3-21-22(18)28-11-10-27-21)17-8-6-16(7-9-17)19-12-20(19)24-13-15-4-5-15;3-2(4,5)1(6)7/h1-3,6-9,15,19-20,24H,4-5,10-14H2,(H,25,26);(H,6,7). The van der Waals surface area contributed by atoms with Gasteiger partial charge in [0.05, 0.1) is 0 Å². The molecule has 2 aliphatic carbocycles. The number of carbonyl (C=O) groups excluding carboxylic acids is 1. The van der Waals surface area contributed by atoms with Crippen LogP contribution < -0.4 is 20.1 Å². The third-order valence-electron chi connectivity index (χ3n) is 6.09. The van der Waals surface area contributed by atoms with Crippen molar-refractivity contribution in [2.45, 2.75) is 43.9 Å². The normalized spacial score (nSPS) is 20.3. The van der Waals surface area contributed by atoms with Gasteiger partial charge in [0, 0.05) is 29.6 Å². The Bertz CT molecular complexity index is 1050. The van der Waals surface area contributed by atoms with Crippen LogP contribution >= 0.6 is 0 Å². The number of carboxylic acids is 1. The Morgan fingerprint density at radius 2 is 1.71 bits per heavy atom. The number of amides is 1. The van der Waals surface area contributed by atoms with E-state index >= 15 is 0 Å². The maximum Gasteiger partial charge on any atom is 0.490 e. The maximum atomic E-state index is 12.5. The van der Waals surface area contributed by atoms with Gasteiger partial charge in [-0.2, -0.15) is 13.2 Å². The number of ether oxygens (including phenoxy) is 2. The van der Waals surface area contributed by atoms with Gasteiger partial charge in [-0.05, 0) is 55.5 Å². The first-order chi connectivity index (χ1) is 16.7. The Balaban J connectivity index is 0.000000364. The van der Waals surface area contributed by atoms with Crippen molar-refractivity contribution in [1.82, 2.24) is 10.6 Å². The van der Waals surface area contributed by atoms with Gasteiger partial charge in [0.15, 0.2) is 11.5 Å². The molecule has 0 bridgehead atoms. The molecular formula is C25H27F3N2O5. The molecule has 0 saturated heterocycles. The Morgan fingerprint density at radius 1 is 1.03 bits per heavy atom. The van der Waals surface area contributed by atoms with Gasteiger partial charge >= 0.3 is 12.1 Å². The fourth-order valence-corrected chi connectivity index (χ4v) is 3.86. The summed E-state index contributed by atoms with van der Waals surface area (Å²) in [6.45, 7) is 2.69. The minimum absolute atomic E-state index is 0.0694. The number of carbonyl (C=O) groups is 2. The summed E-state index contributed by atoms with van der Waals surface area (Å²) in [5, 5.41) is 13.8. The van der Waals surface area contributed by atoms with E-state index in [0.717, 1.165) is 23.0 Å². The van der Waals surface area contributed by atoms with E-state index in [1.807, 2.05) is 30.3 Å². The van der Waals surface area contributed by atoms with Crippen molar-refractivity contribution in [3.8, 4) is 11.5 Å². The molecule has 10 heteroatoms. The second-order valence-corrected chi connectivity index (χ2v) is 8.85. The molecule has 2 unspecified atom stereocenters. The Hall–Kier alpha value is -3.27. The first-order valence-electron chi connectivity index (χ1n) is 11.5. The first-order valence-corrected chi connectivity index (χ1v) is 11.5. The van der Waals surface area contributed by atoms with Gasteiger partial charge < -0.3 is 25.2 Å². The number of fused-ring (bicyclic) bond motifs is 1. The minimum Gasteiger partial charge on any atom is -0.486 e. The highest BCUT2D eigenvalue weighted by Crippen LogP contribution is 2.41. The molecule has 2 aromatic rings. The number of nitrogens with one attached hydrogen (secondary N) is 2. The van der Waals surface area contributed by atoms with Gasteiger partial charge in [-0.15, -0.1) is 0 Å². The highest BCUT2D eigenvalue weighted by atomic mass is 19.4. The average Bonchev–Trinajstić information content (AvgIpc) is 3.76.